The van der Waals surface area contributed by atoms with Crippen LogP contribution in [-0.4, -0.2) is 57.0 Å². The molecule has 218 valence electrons. The monoisotopic (exact) mass is 611 g/mol. The molecule has 0 saturated carbocycles. The van der Waals surface area contributed by atoms with Gasteiger partial charge in [-0.05, 0) is 44.5 Å². The van der Waals surface area contributed by atoms with Crippen molar-refractivity contribution in [3.63, 3.8) is 0 Å². The van der Waals surface area contributed by atoms with Crippen molar-refractivity contribution in [3.8, 4) is 22.8 Å². The smallest absolute Gasteiger partial charge is 0.439 e. The first kappa shape index (κ1) is 27.9. The lowest BCUT2D eigenvalue weighted by Crippen LogP contribution is -2.50. The summed E-state index contributed by atoms with van der Waals surface area (Å²) in [5.74, 6) is -0.239. The van der Waals surface area contributed by atoms with Crippen LogP contribution in [-0.2, 0) is 10.0 Å². The number of benzene rings is 1. The fourth-order valence-corrected chi connectivity index (χ4v) is 6.08. The van der Waals surface area contributed by atoms with Crippen LogP contribution < -0.4 is 16.5 Å². The highest BCUT2D eigenvalue weighted by Crippen LogP contribution is 2.34. The topological polar surface area (TPSA) is 169 Å². The molecule has 0 amide bonds. The third-order valence-corrected chi connectivity index (χ3v) is 8.74. The van der Waals surface area contributed by atoms with Gasteiger partial charge in [0.15, 0.2) is 5.43 Å². The molecule has 5 heterocycles. The van der Waals surface area contributed by atoms with E-state index in [0.717, 1.165) is 5.56 Å². The SMILES string of the molecule is Cc1cc([C@@H](C)Nc2ccc(Cl)nc2-c2noc(=O)[nH]2)c2oc(-c3cnn(C4CN(S(C)(=O)=O)C4)c3)c(C)c(=O)c2c1. The van der Waals surface area contributed by atoms with E-state index in [0.29, 0.717) is 52.2 Å². The summed E-state index contributed by atoms with van der Waals surface area (Å²) < 4.78 is 37.7. The second-order valence-electron chi connectivity index (χ2n) is 10.4. The Hall–Kier alpha value is -4.27. The van der Waals surface area contributed by atoms with Gasteiger partial charge in [0.1, 0.15) is 22.2 Å². The maximum atomic E-state index is 13.6. The molecule has 42 heavy (non-hydrogen) atoms. The zero-order valence-electron chi connectivity index (χ0n) is 23.0. The molecule has 4 aromatic heterocycles. The molecular weight excluding hydrogens is 586 g/mol. The molecule has 0 aliphatic carbocycles. The zero-order chi connectivity index (χ0) is 29.9. The number of hydrogen-bond acceptors (Lipinski definition) is 10. The molecule has 1 aliphatic rings. The van der Waals surface area contributed by atoms with Crippen LogP contribution in [0.15, 0.2) is 55.2 Å². The van der Waals surface area contributed by atoms with E-state index in [1.165, 1.54) is 10.6 Å². The van der Waals surface area contributed by atoms with Crippen molar-refractivity contribution in [1.29, 1.82) is 0 Å². The minimum absolute atomic E-state index is 0.106. The number of H-pyrrole nitrogens is 1. The van der Waals surface area contributed by atoms with Crippen LogP contribution in [0.3, 0.4) is 0 Å². The van der Waals surface area contributed by atoms with E-state index < -0.39 is 21.8 Å². The van der Waals surface area contributed by atoms with E-state index >= 15 is 0 Å². The minimum Gasteiger partial charge on any atom is -0.455 e. The summed E-state index contributed by atoms with van der Waals surface area (Å²) in [5.41, 5.74) is 3.67. The number of nitrogens with zero attached hydrogens (tertiary/aromatic N) is 5. The van der Waals surface area contributed by atoms with E-state index in [4.69, 9.17) is 16.0 Å². The second-order valence-corrected chi connectivity index (χ2v) is 12.8. The highest BCUT2D eigenvalue weighted by molar-refractivity contribution is 7.88. The lowest BCUT2D eigenvalue weighted by Gasteiger charge is -2.36. The van der Waals surface area contributed by atoms with Gasteiger partial charge in [0.05, 0.1) is 41.2 Å². The number of aryl methyl sites for hydroxylation is 1. The average molecular weight is 612 g/mol. The first-order valence-corrected chi connectivity index (χ1v) is 15.2. The third kappa shape index (κ3) is 5.01. The predicted molar refractivity (Wildman–Crippen MR) is 156 cm³/mol. The predicted octanol–water partition coefficient (Wildman–Crippen LogP) is 3.65. The number of nitrogens with one attached hydrogen (secondary N) is 2. The van der Waals surface area contributed by atoms with Gasteiger partial charge in [-0.25, -0.2) is 18.2 Å². The molecule has 1 aliphatic heterocycles. The highest BCUT2D eigenvalue weighted by atomic mass is 35.5. The van der Waals surface area contributed by atoms with Gasteiger partial charge in [-0.15, -0.1) is 0 Å². The number of sulfonamides is 1. The molecule has 13 nitrogen and oxygen atoms in total. The molecular formula is C27H26ClN7O6S. The molecule has 1 saturated heterocycles. The van der Waals surface area contributed by atoms with Gasteiger partial charge in [0.25, 0.3) is 0 Å². The van der Waals surface area contributed by atoms with Crippen LogP contribution in [0.1, 0.15) is 35.7 Å². The van der Waals surface area contributed by atoms with Crippen LogP contribution in [0, 0.1) is 13.8 Å². The molecule has 0 bridgehead atoms. The zero-order valence-corrected chi connectivity index (χ0v) is 24.6. The number of pyridine rings is 1. The summed E-state index contributed by atoms with van der Waals surface area (Å²) in [4.78, 5) is 31.9. The number of aromatic nitrogens is 5. The Balaban J connectivity index is 1.39. The lowest BCUT2D eigenvalue weighted by atomic mass is 9.99. The van der Waals surface area contributed by atoms with Gasteiger partial charge >= 0.3 is 5.76 Å². The largest absolute Gasteiger partial charge is 0.455 e. The summed E-state index contributed by atoms with van der Waals surface area (Å²) in [6, 6.07) is 6.53. The molecule has 5 aromatic rings. The number of rotatable bonds is 7. The Morgan fingerprint density at radius 2 is 1.95 bits per heavy atom. The third-order valence-electron chi connectivity index (χ3n) is 7.29. The van der Waals surface area contributed by atoms with Gasteiger partial charge in [0, 0.05) is 30.4 Å². The van der Waals surface area contributed by atoms with Crippen LogP contribution >= 0.6 is 11.6 Å². The molecule has 0 spiro atoms. The van der Waals surface area contributed by atoms with Crippen molar-refractivity contribution in [2.75, 3.05) is 24.7 Å². The molecule has 6 rings (SSSR count). The Morgan fingerprint density at radius 1 is 1.19 bits per heavy atom. The first-order valence-electron chi connectivity index (χ1n) is 13.0. The summed E-state index contributed by atoms with van der Waals surface area (Å²) in [7, 11) is -3.26. The van der Waals surface area contributed by atoms with Crippen molar-refractivity contribution in [2.24, 2.45) is 0 Å². The van der Waals surface area contributed by atoms with Crippen LogP contribution in [0.25, 0.3) is 33.8 Å². The van der Waals surface area contributed by atoms with E-state index in [1.54, 1.807) is 42.2 Å². The molecule has 0 radical (unpaired) electrons. The van der Waals surface area contributed by atoms with E-state index in [2.05, 4.69) is 30.1 Å². The molecule has 1 fully saturated rings. The van der Waals surface area contributed by atoms with Gasteiger partial charge in [-0.1, -0.05) is 22.8 Å². The van der Waals surface area contributed by atoms with Crippen molar-refractivity contribution in [1.82, 2.24) is 29.2 Å². The molecule has 1 atom stereocenters. The van der Waals surface area contributed by atoms with Crippen molar-refractivity contribution in [3.05, 3.63) is 79.3 Å². The standard InChI is InChI=1S/C27H26ClN7O6S/c1-13-7-18(15(3)30-20-5-6-21(28)31-22(20)26-32-27(37)41-33-26)25-19(8-13)23(36)14(2)24(40-25)16-9-29-35(10-16)17-11-34(12-17)42(4,38)39/h5-10,15,17,30H,11-12H2,1-4H3,(H,32,33,37)/t15-/m1/s1. The Labute approximate surface area is 244 Å². The van der Waals surface area contributed by atoms with E-state index in [-0.39, 0.29) is 28.1 Å². The van der Waals surface area contributed by atoms with Gasteiger partial charge in [-0.2, -0.15) is 9.40 Å². The second kappa shape index (κ2) is 10.2. The summed E-state index contributed by atoms with van der Waals surface area (Å²) in [6.45, 7) is 6.17. The summed E-state index contributed by atoms with van der Waals surface area (Å²) in [6.07, 6.45) is 4.56. The fraction of sp³-hybridized carbons (Fsp3) is 0.296. The van der Waals surface area contributed by atoms with Crippen molar-refractivity contribution in [2.45, 2.75) is 32.9 Å². The number of anilines is 1. The number of hydrogen-bond donors (Lipinski definition) is 2. The van der Waals surface area contributed by atoms with Crippen LogP contribution in [0.2, 0.25) is 5.15 Å². The minimum atomic E-state index is -3.26. The van der Waals surface area contributed by atoms with Gasteiger partial charge in [-0.3, -0.25) is 19.0 Å². The Bertz CT molecular complexity index is 2070. The highest BCUT2D eigenvalue weighted by Gasteiger charge is 2.35. The van der Waals surface area contributed by atoms with Gasteiger partial charge < -0.3 is 9.73 Å². The van der Waals surface area contributed by atoms with Crippen molar-refractivity contribution >= 4 is 38.3 Å². The van der Waals surface area contributed by atoms with E-state index in [1.807, 2.05) is 19.9 Å². The maximum Gasteiger partial charge on any atom is 0.439 e. The lowest BCUT2D eigenvalue weighted by molar-refractivity contribution is 0.192. The van der Waals surface area contributed by atoms with Crippen LogP contribution in [0.4, 0.5) is 5.69 Å². The first-order chi connectivity index (χ1) is 19.9. The molecule has 0 unspecified atom stereocenters. The quantitative estimate of drug-likeness (QED) is 0.259. The number of halogens is 1. The maximum absolute atomic E-state index is 13.6. The molecule has 2 N–H and O–H groups in total. The number of aromatic amines is 1. The average Bonchev–Trinajstić information content (AvgIpc) is 3.55. The van der Waals surface area contributed by atoms with Crippen LogP contribution in [0.5, 0.6) is 0 Å². The normalized spacial score (nSPS) is 15.2. The number of fused-ring (bicyclic) bond motifs is 1. The molecule has 1 aromatic carbocycles. The van der Waals surface area contributed by atoms with E-state index in [9.17, 15) is 18.0 Å². The Morgan fingerprint density at radius 3 is 2.64 bits per heavy atom. The summed E-state index contributed by atoms with van der Waals surface area (Å²) in [5, 5.41) is 12.2. The van der Waals surface area contributed by atoms with Crippen molar-refractivity contribution < 1.29 is 17.4 Å². The summed E-state index contributed by atoms with van der Waals surface area (Å²) >= 11 is 6.12. The Kier molecular flexibility index (Phi) is 6.78. The van der Waals surface area contributed by atoms with Gasteiger partial charge in [0.2, 0.25) is 15.8 Å². The fourth-order valence-electron chi connectivity index (χ4n) is 5.05. The molecule has 15 heteroatoms.